The van der Waals surface area contributed by atoms with Crippen molar-refractivity contribution < 1.29 is 13.9 Å². The second kappa shape index (κ2) is 6.48. The molecule has 1 N–H and O–H groups in total. The maximum Gasteiger partial charge on any atom is 0.261 e. The summed E-state index contributed by atoms with van der Waals surface area (Å²) in [4.78, 5) is 11.9. The summed E-state index contributed by atoms with van der Waals surface area (Å²) in [5.41, 5.74) is 0.892. The lowest BCUT2D eigenvalue weighted by atomic mass is 10.2. The molecule has 1 amide bonds. The van der Waals surface area contributed by atoms with E-state index in [4.69, 9.17) is 20.8 Å². The molecule has 0 radical (unpaired) electrons. The summed E-state index contributed by atoms with van der Waals surface area (Å²) in [5.74, 6) is 1.15. The van der Waals surface area contributed by atoms with Gasteiger partial charge in [-0.25, -0.2) is 0 Å². The molecule has 1 aromatic carbocycles. The highest BCUT2D eigenvalue weighted by atomic mass is 35.5. The summed E-state index contributed by atoms with van der Waals surface area (Å²) in [6, 6.07) is 8.86. The number of rotatable bonds is 5. The molecule has 0 fully saturated rings. The van der Waals surface area contributed by atoms with E-state index in [0.29, 0.717) is 23.1 Å². The molecule has 1 aromatic heterocycles. The van der Waals surface area contributed by atoms with Gasteiger partial charge in [0.15, 0.2) is 6.10 Å². The van der Waals surface area contributed by atoms with Crippen LogP contribution in [0.1, 0.15) is 18.2 Å². The van der Waals surface area contributed by atoms with E-state index in [9.17, 15) is 4.79 Å². The molecule has 20 heavy (non-hydrogen) atoms. The zero-order chi connectivity index (χ0) is 14.5. The van der Waals surface area contributed by atoms with E-state index >= 15 is 0 Å². The number of aryl methyl sites for hydroxylation is 1. The van der Waals surface area contributed by atoms with Gasteiger partial charge in [-0.1, -0.05) is 11.6 Å². The number of amides is 1. The number of hydrogen-bond acceptors (Lipinski definition) is 3. The summed E-state index contributed by atoms with van der Waals surface area (Å²) in [5, 5.41) is 3.40. The van der Waals surface area contributed by atoms with E-state index in [2.05, 4.69) is 5.32 Å². The molecule has 0 saturated heterocycles. The number of nitrogens with one attached hydrogen (secondary N) is 1. The van der Waals surface area contributed by atoms with Gasteiger partial charge in [0, 0.05) is 5.02 Å². The molecule has 4 nitrogen and oxygen atoms in total. The van der Waals surface area contributed by atoms with E-state index in [1.807, 2.05) is 6.92 Å². The average Bonchev–Trinajstić information content (AvgIpc) is 2.92. The lowest BCUT2D eigenvalue weighted by Gasteiger charge is -2.16. The van der Waals surface area contributed by atoms with Crippen molar-refractivity contribution in [1.29, 1.82) is 0 Å². The Bertz CT molecular complexity index is 581. The van der Waals surface area contributed by atoms with Gasteiger partial charge in [0.2, 0.25) is 0 Å². The molecule has 0 aliphatic rings. The van der Waals surface area contributed by atoms with E-state index < -0.39 is 6.10 Å². The number of furan rings is 1. The van der Waals surface area contributed by atoms with Crippen molar-refractivity contribution in [2.24, 2.45) is 0 Å². The fourth-order valence-electron chi connectivity index (χ4n) is 1.72. The van der Waals surface area contributed by atoms with Crippen molar-refractivity contribution in [3.63, 3.8) is 0 Å². The standard InChI is InChI=1S/C15H16ClNO3/c1-10-8-12(16)5-6-14(10)20-11(2)15(18)17-9-13-4-3-7-19-13/h3-8,11H,9H2,1-2H3,(H,17,18). The Morgan fingerprint density at radius 3 is 2.90 bits per heavy atom. The monoisotopic (exact) mass is 293 g/mol. The van der Waals surface area contributed by atoms with E-state index in [1.54, 1.807) is 43.5 Å². The van der Waals surface area contributed by atoms with Gasteiger partial charge in [0.05, 0.1) is 12.8 Å². The summed E-state index contributed by atoms with van der Waals surface area (Å²) in [6.07, 6.45) is 0.975. The van der Waals surface area contributed by atoms with Crippen LogP contribution in [0.2, 0.25) is 5.02 Å². The Morgan fingerprint density at radius 2 is 2.25 bits per heavy atom. The van der Waals surface area contributed by atoms with Gasteiger partial charge in [0.1, 0.15) is 11.5 Å². The van der Waals surface area contributed by atoms with Gasteiger partial charge in [0.25, 0.3) is 5.91 Å². The number of carbonyl (C=O) groups excluding carboxylic acids is 1. The molecule has 0 bridgehead atoms. The minimum atomic E-state index is -0.593. The van der Waals surface area contributed by atoms with Crippen LogP contribution in [0, 0.1) is 6.92 Å². The van der Waals surface area contributed by atoms with Crippen molar-refractivity contribution in [1.82, 2.24) is 5.32 Å². The Balaban J connectivity index is 1.90. The number of carbonyl (C=O) groups is 1. The van der Waals surface area contributed by atoms with Crippen LogP contribution >= 0.6 is 11.6 Å². The second-order valence-electron chi connectivity index (χ2n) is 4.47. The minimum absolute atomic E-state index is 0.198. The van der Waals surface area contributed by atoms with Gasteiger partial charge in [-0.05, 0) is 49.7 Å². The Labute approximate surface area is 122 Å². The molecule has 0 aliphatic carbocycles. The zero-order valence-electron chi connectivity index (χ0n) is 11.4. The van der Waals surface area contributed by atoms with Crippen molar-refractivity contribution in [3.8, 4) is 5.75 Å². The molecule has 1 heterocycles. The summed E-state index contributed by atoms with van der Waals surface area (Å²) in [7, 11) is 0. The topological polar surface area (TPSA) is 51.5 Å². The molecular weight excluding hydrogens is 278 g/mol. The van der Waals surface area contributed by atoms with E-state index in [0.717, 1.165) is 5.56 Å². The first-order valence-electron chi connectivity index (χ1n) is 6.29. The van der Waals surface area contributed by atoms with Crippen LogP contribution in [0.25, 0.3) is 0 Å². The summed E-state index contributed by atoms with van der Waals surface area (Å²) < 4.78 is 10.8. The molecule has 2 rings (SSSR count). The smallest absolute Gasteiger partial charge is 0.261 e. The largest absolute Gasteiger partial charge is 0.481 e. The molecule has 0 aliphatic heterocycles. The maximum absolute atomic E-state index is 11.9. The molecule has 5 heteroatoms. The highest BCUT2D eigenvalue weighted by molar-refractivity contribution is 6.30. The molecule has 1 unspecified atom stereocenters. The minimum Gasteiger partial charge on any atom is -0.481 e. The van der Waals surface area contributed by atoms with Gasteiger partial charge in [-0.3, -0.25) is 4.79 Å². The highest BCUT2D eigenvalue weighted by Gasteiger charge is 2.15. The van der Waals surface area contributed by atoms with Crippen molar-refractivity contribution in [3.05, 3.63) is 52.9 Å². The highest BCUT2D eigenvalue weighted by Crippen LogP contribution is 2.22. The third kappa shape index (κ3) is 3.78. The molecular formula is C15H16ClNO3. The van der Waals surface area contributed by atoms with Crippen LogP contribution in [0.4, 0.5) is 0 Å². The molecule has 0 spiro atoms. The second-order valence-corrected chi connectivity index (χ2v) is 4.90. The first-order chi connectivity index (χ1) is 9.56. The third-order valence-corrected chi connectivity index (χ3v) is 3.06. The molecule has 0 saturated carbocycles. The quantitative estimate of drug-likeness (QED) is 0.920. The lowest BCUT2D eigenvalue weighted by Crippen LogP contribution is -2.35. The van der Waals surface area contributed by atoms with Crippen LogP contribution < -0.4 is 10.1 Å². The van der Waals surface area contributed by atoms with E-state index in [1.165, 1.54) is 0 Å². The number of benzene rings is 1. The SMILES string of the molecule is Cc1cc(Cl)ccc1OC(C)C(=O)NCc1ccco1. The van der Waals surface area contributed by atoms with Gasteiger partial charge in [-0.2, -0.15) is 0 Å². The van der Waals surface area contributed by atoms with Crippen LogP contribution in [-0.4, -0.2) is 12.0 Å². The summed E-state index contributed by atoms with van der Waals surface area (Å²) >= 11 is 5.88. The van der Waals surface area contributed by atoms with Crippen LogP contribution in [0.15, 0.2) is 41.0 Å². The molecule has 106 valence electrons. The maximum atomic E-state index is 11.9. The summed E-state index contributed by atoms with van der Waals surface area (Å²) in [6.45, 7) is 3.93. The fourth-order valence-corrected chi connectivity index (χ4v) is 1.95. The number of ether oxygens (including phenoxy) is 1. The van der Waals surface area contributed by atoms with Gasteiger partial charge >= 0.3 is 0 Å². The fraction of sp³-hybridized carbons (Fsp3) is 0.267. The van der Waals surface area contributed by atoms with Gasteiger partial charge < -0.3 is 14.5 Å². The van der Waals surface area contributed by atoms with Crippen LogP contribution in [-0.2, 0) is 11.3 Å². The molecule has 2 aromatic rings. The Hall–Kier alpha value is -1.94. The van der Waals surface area contributed by atoms with Crippen LogP contribution in [0.3, 0.4) is 0 Å². The Morgan fingerprint density at radius 1 is 1.45 bits per heavy atom. The Kier molecular flexibility index (Phi) is 4.69. The number of hydrogen-bond donors (Lipinski definition) is 1. The lowest BCUT2D eigenvalue weighted by molar-refractivity contribution is -0.127. The normalized spacial score (nSPS) is 11.9. The first kappa shape index (κ1) is 14.5. The first-order valence-corrected chi connectivity index (χ1v) is 6.67. The van der Waals surface area contributed by atoms with Crippen molar-refractivity contribution in [2.75, 3.05) is 0 Å². The van der Waals surface area contributed by atoms with Gasteiger partial charge in [-0.15, -0.1) is 0 Å². The van der Waals surface area contributed by atoms with Crippen molar-refractivity contribution in [2.45, 2.75) is 26.5 Å². The predicted molar refractivity (Wildman–Crippen MR) is 76.8 cm³/mol. The zero-order valence-corrected chi connectivity index (χ0v) is 12.1. The number of halogens is 1. The van der Waals surface area contributed by atoms with E-state index in [-0.39, 0.29) is 5.91 Å². The van der Waals surface area contributed by atoms with Crippen molar-refractivity contribution >= 4 is 17.5 Å². The molecule has 1 atom stereocenters. The predicted octanol–water partition coefficient (Wildman–Crippen LogP) is 3.33. The van der Waals surface area contributed by atoms with Crippen LogP contribution in [0.5, 0.6) is 5.75 Å². The third-order valence-electron chi connectivity index (χ3n) is 2.83. The average molecular weight is 294 g/mol.